The van der Waals surface area contributed by atoms with Crippen molar-refractivity contribution in [3.05, 3.63) is 29.6 Å². The van der Waals surface area contributed by atoms with Gasteiger partial charge in [-0.05, 0) is 25.0 Å². The molecule has 1 aromatic rings. The zero-order valence-corrected chi connectivity index (χ0v) is 7.08. The first-order valence-electron chi connectivity index (χ1n) is 4.27. The van der Waals surface area contributed by atoms with E-state index in [1.165, 1.54) is 0 Å². The van der Waals surface area contributed by atoms with Crippen molar-refractivity contribution < 1.29 is 4.79 Å². The molecule has 0 amide bonds. The van der Waals surface area contributed by atoms with Crippen LogP contribution in [0.25, 0.3) is 0 Å². The fourth-order valence-corrected chi connectivity index (χ4v) is 1.61. The number of Topliss-reactive ketones (excluding diaryl/α,β-unsaturated/α-hetero) is 1. The van der Waals surface area contributed by atoms with Crippen LogP contribution in [0.1, 0.15) is 29.4 Å². The Hall–Kier alpha value is -1.18. The number of aromatic nitrogens is 1. The predicted octanol–water partition coefficient (Wildman–Crippen LogP) is 1.85. The van der Waals surface area contributed by atoms with Crippen LogP contribution in [0.5, 0.6) is 0 Å². The Morgan fingerprint density at radius 2 is 2.42 bits per heavy atom. The summed E-state index contributed by atoms with van der Waals surface area (Å²) in [6, 6.07) is 3.70. The van der Waals surface area contributed by atoms with Crippen molar-refractivity contribution >= 4 is 5.78 Å². The Balaban J connectivity index is 2.49. The van der Waals surface area contributed by atoms with E-state index in [1.54, 1.807) is 6.20 Å². The van der Waals surface area contributed by atoms with E-state index in [0.29, 0.717) is 0 Å². The normalized spacial score (nSPS) is 22.1. The molecule has 2 nitrogen and oxygen atoms in total. The molecule has 1 aliphatic carbocycles. The number of rotatable bonds is 0. The number of fused-ring (bicyclic) bond motifs is 1. The highest BCUT2D eigenvalue weighted by Crippen LogP contribution is 2.22. The molecule has 1 heterocycles. The predicted molar refractivity (Wildman–Crippen MR) is 46.1 cm³/mol. The maximum absolute atomic E-state index is 11.6. The number of nitrogens with zero attached hydrogens (tertiary/aromatic N) is 1. The molecule has 0 bridgehead atoms. The highest BCUT2D eigenvalue weighted by Gasteiger charge is 2.23. The van der Waals surface area contributed by atoms with E-state index in [2.05, 4.69) is 4.98 Å². The maximum Gasteiger partial charge on any atom is 0.167 e. The molecule has 0 fully saturated rings. The second-order valence-electron chi connectivity index (χ2n) is 3.30. The smallest absolute Gasteiger partial charge is 0.167 e. The Bertz CT molecular complexity index is 319. The molecule has 0 aromatic carbocycles. The van der Waals surface area contributed by atoms with Gasteiger partial charge in [-0.25, -0.2) is 0 Å². The molecule has 0 spiro atoms. The Kier molecular flexibility index (Phi) is 1.68. The minimum Gasteiger partial charge on any atom is -0.294 e. The van der Waals surface area contributed by atoms with E-state index in [0.717, 1.165) is 24.1 Å². The van der Waals surface area contributed by atoms with Crippen LogP contribution in [0.2, 0.25) is 0 Å². The van der Waals surface area contributed by atoms with Crippen LogP contribution in [0, 0.1) is 5.92 Å². The quantitative estimate of drug-likeness (QED) is 0.581. The van der Waals surface area contributed by atoms with Crippen LogP contribution < -0.4 is 0 Å². The van der Waals surface area contributed by atoms with Gasteiger partial charge < -0.3 is 0 Å². The summed E-state index contributed by atoms with van der Waals surface area (Å²) in [7, 11) is 0. The lowest BCUT2D eigenvalue weighted by Gasteiger charge is -2.18. The van der Waals surface area contributed by atoms with E-state index >= 15 is 0 Å². The van der Waals surface area contributed by atoms with Gasteiger partial charge in [0.2, 0.25) is 0 Å². The molecule has 1 aliphatic rings. The van der Waals surface area contributed by atoms with Gasteiger partial charge in [0.25, 0.3) is 0 Å². The standard InChI is InChI=1S/C10H11NO/c1-7-4-5-9-8(10(7)12)3-2-6-11-9/h2-3,6-7H,4-5H2,1H3. The first-order chi connectivity index (χ1) is 5.79. The summed E-state index contributed by atoms with van der Waals surface area (Å²) in [5, 5.41) is 0. The molecule has 62 valence electrons. The van der Waals surface area contributed by atoms with Crippen molar-refractivity contribution in [1.82, 2.24) is 4.98 Å². The van der Waals surface area contributed by atoms with Gasteiger partial charge in [-0.3, -0.25) is 9.78 Å². The molecule has 2 rings (SSSR count). The van der Waals surface area contributed by atoms with Crippen molar-refractivity contribution in [1.29, 1.82) is 0 Å². The fourth-order valence-electron chi connectivity index (χ4n) is 1.61. The largest absolute Gasteiger partial charge is 0.294 e. The van der Waals surface area contributed by atoms with Gasteiger partial charge in [-0.15, -0.1) is 0 Å². The summed E-state index contributed by atoms with van der Waals surface area (Å²) in [5.41, 5.74) is 1.80. The SMILES string of the molecule is CC1CCc2ncccc2C1=O. The van der Waals surface area contributed by atoms with E-state index in [9.17, 15) is 4.79 Å². The minimum absolute atomic E-state index is 0.182. The second kappa shape index (κ2) is 2.70. The van der Waals surface area contributed by atoms with Crippen LogP contribution in [-0.2, 0) is 6.42 Å². The van der Waals surface area contributed by atoms with Gasteiger partial charge in [0.1, 0.15) is 0 Å². The van der Waals surface area contributed by atoms with Gasteiger partial charge in [0, 0.05) is 17.7 Å². The average Bonchev–Trinajstić information content (AvgIpc) is 2.12. The lowest BCUT2D eigenvalue weighted by atomic mass is 9.87. The topological polar surface area (TPSA) is 30.0 Å². The number of pyridine rings is 1. The number of carbonyl (C=O) groups excluding carboxylic acids is 1. The van der Waals surface area contributed by atoms with E-state index in [-0.39, 0.29) is 11.7 Å². The van der Waals surface area contributed by atoms with E-state index in [1.807, 2.05) is 19.1 Å². The van der Waals surface area contributed by atoms with E-state index < -0.39 is 0 Å². The van der Waals surface area contributed by atoms with Crippen molar-refractivity contribution in [2.75, 3.05) is 0 Å². The van der Waals surface area contributed by atoms with Gasteiger partial charge in [0.15, 0.2) is 5.78 Å². The molecule has 1 unspecified atom stereocenters. The number of aryl methyl sites for hydroxylation is 1. The molecule has 0 aliphatic heterocycles. The first-order valence-corrected chi connectivity index (χ1v) is 4.27. The third kappa shape index (κ3) is 1.04. The summed E-state index contributed by atoms with van der Waals surface area (Å²) in [6.07, 6.45) is 3.65. The number of hydrogen-bond donors (Lipinski definition) is 0. The van der Waals surface area contributed by atoms with Gasteiger partial charge in [-0.1, -0.05) is 6.92 Å². The van der Waals surface area contributed by atoms with Crippen LogP contribution in [0.4, 0.5) is 0 Å². The molecule has 0 N–H and O–H groups in total. The van der Waals surface area contributed by atoms with E-state index in [4.69, 9.17) is 0 Å². The lowest BCUT2D eigenvalue weighted by molar-refractivity contribution is 0.0912. The highest BCUT2D eigenvalue weighted by atomic mass is 16.1. The number of carbonyl (C=O) groups is 1. The number of hydrogen-bond acceptors (Lipinski definition) is 2. The molecular formula is C10H11NO. The molecule has 1 atom stereocenters. The molecule has 0 saturated heterocycles. The van der Waals surface area contributed by atoms with Gasteiger partial charge in [0.05, 0.1) is 5.69 Å². The van der Waals surface area contributed by atoms with Gasteiger partial charge >= 0.3 is 0 Å². The van der Waals surface area contributed by atoms with Crippen molar-refractivity contribution in [2.45, 2.75) is 19.8 Å². The Labute approximate surface area is 71.6 Å². The lowest BCUT2D eigenvalue weighted by Crippen LogP contribution is -2.20. The molecule has 12 heavy (non-hydrogen) atoms. The zero-order chi connectivity index (χ0) is 8.55. The molecular weight excluding hydrogens is 150 g/mol. The molecule has 0 radical (unpaired) electrons. The summed E-state index contributed by atoms with van der Waals surface area (Å²) < 4.78 is 0. The Morgan fingerprint density at radius 3 is 3.25 bits per heavy atom. The van der Waals surface area contributed by atoms with Crippen LogP contribution in [0.15, 0.2) is 18.3 Å². The van der Waals surface area contributed by atoms with Crippen molar-refractivity contribution in [3.63, 3.8) is 0 Å². The monoisotopic (exact) mass is 161 g/mol. The highest BCUT2D eigenvalue weighted by molar-refractivity contribution is 5.99. The van der Waals surface area contributed by atoms with Gasteiger partial charge in [-0.2, -0.15) is 0 Å². The zero-order valence-electron chi connectivity index (χ0n) is 7.08. The maximum atomic E-state index is 11.6. The minimum atomic E-state index is 0.182. The summed E-state index contributed by atoms with van der Waals surface area (Å²) >= 11 is 0. The average molecular weight is 161 g/mol. The number of ketones is 1. The molecule has 2 heteroatoms. The fraction of sp³-hybridized carbons (Fsp3) is 0.400. The van der Waals surface area contributed by atoms with Crippen molar-refractivity contribution in [3.8, 4) is 0 Å². The summed E-state index contributed by atoms with van der Waals surface area (Å²) in [5.74, 6) is 0.436. The summed E-state index contributed by atoms with van der Waals surface area (Å²) in [4.78, 5) is 15.8. The summed E-state index contributed by atoms with van der Waals surface area (Å²) in [6.45, 7) is 1.98. The Morgan fingerprint density at radius 1 is 1.58 bits per heavy atom. The first kappa shape index (κ1) is 7.47. The van der Waals surface area contributed by atoms with Crippen molar-refractivity contribution in [2.24, 2.45) is 5.92 Å². The van der Waals surface area contributed by atoms with Crippen LogP contribution >= 0.6 is 0 Å². The molecule has 0 saturated carbocycles. The molecule has 1 aromatic heterocycles. The third-order valence-electron chi connectivity index (χ3n) is 2.42. The second-order valence-corrected chi connectivity index (χ2v) is 3.30. The third-order valence-corrected chi connectivity index (χ3v) is 2.42. The van der Waals surface area contributed by atoms with Crippen LogP contribution in [-0.4, -0.2) is 10.8 Å². The van der Waals surface area contributed by atoms with Crippen LogP contribution in [0.3, 0.4) is 0 Å².